The molecule has 1 N–H and O–H groups in total. The van der Waals surface area contributed by atoms with Crippen LogP contribution in [-0.2, 0) is 32.6 Å². The number of rotatable bonds is 12. The lowest BCUT2D eigenvalue weighted by Gasteiger charge is -2.31. The zero-order valence-electron chi connectivity index (χ0n) is 23.2. The van der Waals surface area contributed by atoms with Gasteiger partial charge in [-0.05, 0) is 66.8 Å². The Hall–Kier alpha value is -3.07. The highest BCUT2D eigenvalue weighted by atomic mass is 35.5. The summed E-state index contributed by atoms with van der Waals surface area (Å²) in [6.07, 6.45) is 1.78. The van der Waals surface area contributed by atoms with Gasteiger partial charge in [0.05, 0.1) is 22.0 Å². The summed E-state index contributed by atoms with van der Waals surface area (Å²) in [6.45, 7) is 4.07. The largest absolute Gasteiger partial charge is 0.357 e. The van der Waals surface area contributed by atoms with Crippen molar-refractivity contribution < 1.29 is 18.0 Å². The number of anilines is 1. The van der Waals surface area contributed by atoms with Crippen molar-refractivity contribution in [2.45, 2.75) is 45.7 Å². The van der Waals surface area contributed by atoms with Crippen molar-refractivity contribution in [3.8, 4) is 0 Å². The second-order valence-corrected chi connectivity index (χ2v) is 12.6. The van der Waals surface area contributed by atoms with Crippen LogP contribution in [0, 0.1) is 13.8 Å². The molecular weight excluding hydrogens is 569 g/mol. The van der Waals surface area contributed by atoms with Crippen molar-refractivity contribution in [3.05, 3.63) is 99.0 Å². The van der Waals surface area contributed by atoms with Gasteiger partial charge >= 0.3 is 0 Å². The van der Waals surface area contributed by atoms with E-state index in [0.29, 0.717) is 22.2 Å². The maximum atomic E-state index is 13.7. The summed E-state index contributed by atoms with van der Waals surface area (Å²) in [6, 6.07) is 19.4. The number of nitrogens with zero attached hydrogens (tertiary/aromatic N) is 2. The molecule has 0 bridgehead atoms. The molecule has 0 saturated heterocycles. The Morgan fingerprint density at radius 2 is 1.55 bits per heavy atom. The van der Waals surface area contributed by atoms with E-state index in [2.05, 4.69) is 5.32 Å². The van der Waals surface area contributed by atoms with Gasteiger partial charge in [0, 0.05) is 33.0 Å². The number of nitrogens with one attached hydrogen (secondary N) is 1. The molecule has 0 fully saturated rings. The SMILES string of the molecule is CNC(=O)[C@H](Cc1ccccc1)N(Cc1ccc(Cl)c(Cl)c1)C(=O)CCCN(c1cc(C)cc(C)c1)S(C)(=O)=O. The quantitative estimate of drug-likeness (QED) is 0.294. The molecular formula is C30H35Cl2N3O4S. The van der Waals surface area contributed by atoms with E-state index in [4.69, 9.17) is 23.2 Å². The first kappa shape index (κ1) is 31.5. The normalized spacial score (nSPS) is 12.1. The van der Waals surface area contributed by atoms with Gasteiger partial charge in [0.25, 0.3) is 0 Å². The lowest BCUT2D eigenvalue weighted by atomic mass is 10.0. The molecule has 0 radical (unpaired) electrons. The van der Waals surface area contributed by atoms with Gasteiger partial charge in [0.2, 0.25) is 21.8 Å². The van der Waals surface area contributed by atoms with Crippen molar-refractivity contribution in [1.82, 2.24) is 10.2 Å². The van der Waals surface area contributed by atoms with Crippen LogP contribution in [0.5, 0.6) is 0 Å². The zero-order valence-corrected chi connectivity index (χ0v) is 25.5. The molecule has 214 valence electrons. The highest BCUT2D eigenvalue weighted by molar-refractivity contribution is 7.92. The van der Waals surface area contributed by atoms with Crippen LogP contribution in [0.4, 0.5) is 5.69 Å². The number of hydrogen-bond acceptors (Lipinski definition) is 4. The second kappa shape index (κ2) is 14.0. The third kappa shape index (κ3) is 8.71. The topological polar surface area (TPSA) is 86.8 Å². The zero-order chi connectivity index (χ0) is 29.4. The molecule has 3 rings (SSSR count). The maximum Gasteiger partial charge on any atom is 0.242 e. The van der Waals surface area contributed by atoms with Crippen LogP contribution in [0.1, 0.15) is 35.1 Å². The average molecular weight is 605 g/mol. The lowest BCUT2D eigenvalue weighted by molar-refractivity contribution is -0.141. The Balaban J connectivity index is 1.88. The molecule has 0 heterocycles. The van der Waals surface area contributed by atoms with E-state index >= 15 is 0 Å². The van der Waals surface area contributed by atoms with Crippen LogP contribution >= 0.6 is 23.2 Å². The van der Waals surface area contributed by atoms with Gasteiger partial charge in [0.15, 0.2) is 0 Å². The van der Waals surface area contributed by atoms with Crippen molar-refractivity contribution in [2.75, 3.05) is 24.2 Å². The van der Waals surface area contributed by atoms with Crippen LogP contribution in [0.3, 0.4) is 0 Å². The number of carbonyl (C=O) groups excluding carboxylic acids is 2. The summed E-state index contributed by atoms with van der Waals surface area (Å²) in [5.41, 5.74) is 4.08. The number of amides is 2. The molecule has 7 nitrogen and oxygen atoms in total. The van der Waals surface area contributed by atoms with Crippen LogP contribution in [0.25, 0.3) is 0 Å². The summed E-state index contributed by atoms with van der Waals surface area (Å²) in [5.74, 6) is -0.574. The molecule has 0 unspecified atom stereocenters. The first-order chi connectivity index (χ1) is 18.9. The predicted molar refractivity (Wildman–Crippen MR) is 162 cm³/mol. The van der Waals surface area contributed by atoms with Crippen molar-refractivity contribution in [3.63, 3.8) is 0 Å². The highest BCUT2D eigenvalue weighted by Gasteiger charge is 2.30. The van der Waals surface area contributed by atoms with E-state index < -0.39 is 16.1 Å². The summed E-state index contributed by atoms with van der Waals surface area (Å²) in [5, 5.41) is 3.43. The fraction of sp³-hybridized carbons (Fsp3) is 0.333. The predicted octanol–water partition coefficient (Wildman–Crippen LogP) is 5.54. The molecule has 3 aromatic carbocycles. The molecule has 0 spiro atoms. The average Bonchev–Trinajstić information content (AvgIpc) is 2.89. The van der Waals surface area contributed by atoms with Crippen LogP contribution in [0.2, 0.25) is 10.0 Å². The number of aryl methyl sites for hydroxylation is 2. The molecule has 40 heavy (non-hydrogen) atoms. The van der Waals surface area contributed by atoms with E-state index in [1.165, 1.54) is 16.3 Å². The third-order valence-corrected chi connectivity index (χ3v) is 8.43. The minimum Gasteiger partial charge on any atom is -0.357 e. The van der Waals surface area contributed by atoms with E-state index in [-0.39, 0.29) is 37.7 Å². The number of hydrogen-bond donors (Lipinski definition) is 1. The van der Waals surface area contributed by atoms with Gasteiger partial charge in [-0.2, -0.15) is 0 Å². The number of likely N-dealkylation sites (N-methyl/N-ethyl adjacent to an activating group) is 1. The lowest BCUT2D eigenvalue weighted by Crippen LogP contribution is -2.49. The maximum absolute atomic E-state index is 13.7. The molecule has 0 aliphatic rings. The van der Waals surface area contributed by atoms with Crippen LogP contribution in [0.15, 0.2) is 66.7 Å². The molecule has 10 heteroatoms. The minimum atomic E-state index is -3.58. The fourth-order valence-electron chi connectivity index (χ4n) is 4.65. The van der Waals surface area contributed by atoms with Crippen molar-refractivity contribution in [2.24, 2.45) is 0 Å². The minimum absolute atomic E-state index is 0.0421. The summed E-state index contributed by atoms with van der Waals surface area (Å²) >= 11 is 12.3. The first-order valence-electron chi connectivity index (χ1n) is 12.9. The van der Waals surface area contributed by atoms with E-state index in [0.717, 1.165) is 28.5 Å². The summed E-state index contributed by atoms with van der Waals surface area (Å²) < 4.78 is 26.6. The highest BCUT2D eigenvalue weighted by Crippen LogP contribution is 2.25. The molecule has 0 saturated carbocycles. The van der Waals surface area contributed by atoms with Crippen molar-refractivity contribution >= 4 is 50.7 Å². The van der Waals surface area contributed by atoms with Gasteiger partial charge in [-0.25, -0.2) is 8.42 Å². The number of sulfonamides is 1. The molecule has 2 amide bonds. The Labute approximate surface area is 247 Å². The summed E-state index contributed by atoms with van der Waals surface area (Å²) in [4.78, 5) is 28.4. The Morgan fingerprint density at radius 3 is 2.12 bits per heavy atom. The van der Waals surface area contributed by atoms with Gasteiger partial charge < -0.3 is 10.2 Å². The van der Waals surface area contributed by atoms with E-state index in [1.807, 2.05) is 62.4 Å². The monoisotopic (exact) mass is 603 g/mol. The van der Waals surface area contributed by atoms with Crippen LogP contribution in [-0.4, -0.2) is 51.0 Å². The summed E-state index contributed by atoms with van der Waals surface area (Å²) in [7, 11) is -2.05. The van der Waals surface area contributed by atoms with E-state index in [9.17, 15) is 18.0 Å². The second-order valence-electron chi connectivity index (χ2n) is 9.87. The third-order valence-electron chi connectivity index (χ3n) is 6.50. The Morgan fingerprint density at radius 1 is 0.900 bits per heavy atom. The molecule has 0 aromatic heterocycles. The van der Waals surface area contributed by atoms with Gasteiger partial charge in [-0.1, -0.05) is 65.7 Å². The molecule has 3 aromatic rings. The number of carbonyl (C=O) groups is 2. The smallest absolute Gasteiger partial charge is 0.242 e. The first-order valence-corrected chi connectivity index (χ1v) is 15.5. The van der Waals surface area contributed by atoms with E-state index in [1.54, 1.807) is 18.2 Å². The molecule has 1 atom stereocenters. The molecule has 0 aliphatic carbocycles. The molecule has 0 aliphatic heterocycles. The standard InChI is InChI=1S/C30H35Cl2N3O4S/c1-21-15-22(2)17-25(16-21)35(40(4,38)39)14-8-11-29(36)34(20-24-12-13-26(31)27(32)18-24)28(30(37)33-3)19-23-9-6-5-7-10-23/h5-7,9-10,12-13,15-18,28H,8,11,14,19-20H2,1-4H3,(H,33,37)/t28-/m0/s1. The Kier molecular flexibility index (Phi) is 11.0. The fourth-order valence-corrected chi connectivity index (χ4v) is 5.92. The number of halogens is 2. The van der Waals surface area contributed by atoms with Crippen molar-refractivity contribution in [1.29, 1.82) is 0 Å². The number of benzene rings is 3. The van der Waals surface area contributed by atoms with Crippen LogP contribution < -0.4 is 9.62 Å². The van der Waals surface area contributed by atoms with Gasteiger partial charge in [-0.3, -0.25) is 13.9 Å². The van der Waals surface area contributed by atoms with Gasteiger partial charge in [-0.15, -0.1) is 0 Å². The van der Waals surface area contributed by atoms with Gasteiger partial charge in [0.1, 0.15) is 6.04 Å². The Bertz CT molecular complexity index is 1430.